The Morgan fingerprint density at radius 2 is 2.27 bits per heavy atom. The van der Waals surface area contributed by atoms with E-state index in [1.165, 1.54) is 0 Å². The second-order valence-corrected chi connectivity index (χ2v) is 2.76. The minimum absolute atomic E-state index is 0.114. The lowest BCUT2D eigenvalue weighted by atomic mass is 10.5. The van der Waals surface area contributed by atoms with Gasteiger partial charge >= 0.3 is 6.09 Å². The summed E-state index contributed by atoms with van der Waals surface area (Å²) in [4.78, 5) is 10.9. The van der Waals surface area contributed by atoms with Crippen LogP contribution in [0.5, 0.6) is 0 Å². The van der Waals surface area contributed by atoms with Gasteiger partial charge in [0.1, 0.15) is 0 Å². The van der Waals surface area contributed by atoms with Gasteiger partial charge in [-0.3, -0.25) is 4.31 Å². The Kier molecular flexibility index (Phi) is 5.06. The van der Waals surface area contributed by atoms with Gasteiger partial charge in [-0.1, -0.05) is 12.8 Å². The molecule has 4 nitrogen and oxygen atoms in total. The molecule has 0 spiro atoms. The molecular formula is C6H13NO3S. The molecule has 0 saturated heterocycles. The molecule has 11 heavy (non-hydrogen) atoms. The molecule has 0 aliphatic heterocycles. The number of ether oxygens (including phenoxy) is 1. The Morgan fingerprint density at radius 1 is 1.73 bits per heavy atom. The van der Waals surface area contributed by atoms with Crippen molar-refractivity contribution in [3.63, 3.8) is 0 Å². The van der Waals surface area contributed by atoms with Crippen molar-refractivity contribution in [1.29, 1.82) is 0 Å². The fraction of sp³-hybridized carbons (Fsp3) is 0.833. The average molecular weight is 179 g/mol. The van der Waals surface area contributed by atoms with E-state index in [4.69, 9.17) is 9.84 Å². The Bertz CT molecular complexity index is 129. The van der Waals surface area contributed by atoms with Crippen LogP contribution in [0, 0.1) is 0 Å². The molecule has 66 valence electrons. The van der Waals surface area contributed by atoms with Crippen LogP contribution in [0.2, 0.25) is 0 Å². The number of amides is 1. The van der Waals surface area contributed by atoms with Crippen molar-refractivity contribution in [2.75, 3.05) is 13.2 Å². The van der Waals surface area contributed by atoms with E-state index in [1.54, 1.807) is 13.8 Å². The third kappa shape index (κ3) is 4.92. The van der Waals surface area contributed by atoms with E-state index in [2.05, 4.69) is 12.8 Å². The highest BCUT2D eigenvalue weighted by molar-refractivity contribution is 7.78. The molecule has 0 saturated carbocycles. The first-order valence-corrected chi connectivity index (χ1v) is 3.75. The zero-order valence-corrected chi connectivity index (χ0v) is 7.54. The molecule has 0 aromatic heterocycles. The Morgan fingerprint density at radius 3 is 2.64 bits per heavy atom. The summed E-state index contributed by atoms with van der Waals surface area (Å²) in [7, 11) is 0. The molecular weight excluding hydrogens is 166 g/mol. The third-order valence-corrected chi connectivity index (χ3v) is 1.22. The fourth-order valence-electron chi connectivity index (χ4n) is 0.448. The normalized spacial score (nSPS) is 9.91. The van der Waals surface area contributed by atoms with Gasteiger partial charge in [-0.05, 0) is 13.8 Å². The van der Waals surface area contributed by atoms with E-state index in [1.807, 2.05) is 0 Å². The molecule has 1 N–H and O–H groups in total. The van der Waals surface area contributed by atoms with Gasteiger partial charge in [0.15, 0.2) is 0 Å². The zero-order chi connectivity index (χ0) is 8.85. The van der Waals surface area contributed by atoms with Crippen molar-refractivity contribution in [2.45, 2.75) is 20.0 Å². The van der Waals surface area contributed by atoms with Crippen molar-refractivity contribution < 1.29 is 14.6 Å². The van der Waals surface area contributed by atoms with E-state index in [0.717, 1.165) is 4.31 Å². The lowest BCUT2D eigenvalue weighted by Gasteiger charge is -2.15. The van der Waals surface area contributed by atoms with Crippen molar-refractivity contribution >= 4 is 18.9 Å². The summed E-state index contributed by atoms with van der Waals surface area (Å²) < 4.78 is 5.79. The highest BCUT2D eigenvalue weighted by Crippen LogP contribution is 1.99. The minimum Gasteiger partial charge on any atom is -0.446 e. The Labute approximate surface area is 71.7 Å². The molecule has 0 rings (SSSR count). The summed E-state index contributed by atoms with van der Waals surface area (Å²) in [6.45, 7) is 3.56. The Hall–Kier alpha value is -0.420. The summed E-state index contributed by atoms with van der Waals surface area (Å²) in [5.74, 6) is 0. The quantitative estimate of drug-likeness (QED) is 0.626. The van der Waals surface area contributed by atoms with Crippen molar-refractivity contribution in [1.82, 2.24) is 4.31 Å². The number of nitrogens with zero attached hydrogens (tertiary/aromatic N) is 1. The lowest BCUT2D eigenvalue weighted by Crippen LogP contribution is -2.27. The van der Waals surface area contributed by atoms with Gasteiger partial charge in [0.2, 0.25) is 0 Å². The highest BCUT2D eigenvalue weighted by Gasteiger charge is 2.11. The van der Waals surface area contributed by atoms with Gasteiger partial charge in [0.25, 0.3) is 0 Å². The van der Waals surface area contributed by atoms with Crippen LogP contribution in [0.3, 0.4) is 0 Å². The summed E-state index contributed by atoms with van der Waals surface area (Å²) in [6, 6.07) is 0. The van der Waals surface area contributed by atoms with Crippen LogP contribution in [-0.4, -0.2) is 34.8 Å². The second kappa shape index (κ2) is 5.26. The number of aliphatic hydroxyl groups is 1. The first-order chi connectivity index (χ1) is 5.07. The van der Waals surface area contributed by atoms with E-state index in [-0.39, 0.29) is 19.3 Å². The number of carbonyl (C=O) groups excluding carboxylic acids is 1. The van der Waals surface area contributed by atoms with Crippen LogP contribution in [0.25, 0.3) is 0 Å². The summed E-state index contributed by atoms with van der Waals surface area (Å²) in [5.41, 5.74) is 0. The molecule has 0 atom stereocenters. The average Bonchev–Trinajstić information content (AvgIpc) is 1.86. The molecule has 0 aliphatic rings. The summed E-state index contributed by atoms with van der Waals surface area (Å²) in [6.07, 6.45) is -0.687. The predicted molar refractivity (Wildman–Crippen MR) is 44.4 cm³/mol. The van der Waals surface area contributed by atoms with Gasteiger partial charge < -0.3 is 9.84 Å². The topological polar surface area (TPSA) is 49.8 Å². The number of rotatable bonds is 3. The Balaban J connectivity index is 3.64. The number of carbonyl (C=O) groups is 1. The predicted octanol–water partition coefficient (Wildman–Crippen LogP) is 0.670. The maximum Gasteiger partial charge on any atom is 0.419 e. The molecule has 0 aromatic carbocycles. The molecule has 0 unspecified atom stereocenters. The van der Waals surface area contributed by atoms with Crippen LogP contribution < -0.4 is 0 Å². The number of thiol groups is 1. The molecule has 5 heteroatoms. The molecule has 0 fully saturated rings. The maximum atomic E-state index is 10.9. The molecule has 0 aliphatic carbocycles. The van der Waals surface area contributed by atoms with Gasteiger partial charge in [0, 0.05) is 0 Å². The first kappa shape index (κ1) is 10.6. The number of hydrogen-bond donors (Lipinski definition) is 2. The van der Waals surface area contributed by atoms with E-state index < -0.39 is 6.09 Å². The van der Waals surface area contributed by atoms with Crippen LogP contribution in [0.1, 0.15) is 13.8 Å². The molecule has 0 radical (unpaired) electrons. The van der Waals surface area contributed by atoms with Crippen LogP contribution in [-0.2, 0) is 4.74 Å². The standard InChI is InChI=1S/C6H13NO3S/c1-5(2)10-6(9)7(11)3-4-8/h5,8,11H,3-4H2,1-2H3. The molecule has 0 bridgehead atoms. The van der Waals surface area contributed by atoms with Crippen LogP contribution in [0.4, 0.5) is 4.79 Å². The van der Waals surface area contributed by atoms with Crippen molar-refractivity contribution in [3.8, 4) is 0 Å². The van der Waals surface area contributed by atoms with Gasteiger partial charge in [0.05, 0.1) is 19.3 Å². The SMILES string of the molecule is CC(C)OC(=O)N(S)CCO. The van der Waals surface area contributed by atoms with Gasteiger partial charge in [-0.2, -0.15) is 0 Å². The lowest BCUT2D eigenvalue weighted by molar-refractivity contribution is 0.0957. The monoisotopic (exact) mass is 179 g/mol. The molecule has 0 aromatic rings. The van der Waals surface area contributed by atoms with Gasteiger partial charge in [-0.25, -0.2) is 4.79 Å². The highest BCUT2D eigenvalue weighted by atomic mass is 32.1. The largest absolute Gasteiger partial charge is 0.446 e. The van der Waals surface area contributed by atoms with E-state index in [9.17, 15) is 4.79 Å². The molecule has 0 heterocycles. The fourth-order valence-corrected chi connectivity index (χ4v) is 0.585. The van der Waals surface area contributed by atoms with Crippen molar-refractivity contribution in [3.05, 3.63) is 0 Å². The van der Waals surface area contributed by atoms with Crippen molar-refractivity contribution in [2.24, 2.45) is 0 Å². The van der Waals surface area contributed by atoms with E-state index >= 15 is 0 Å². The zero-order valence-electron chi connectivity index (χ0n) is 6.65. The second-order valence-electron chi connectivity index (χ2n) is 2.28. The minimum atomic E-state index is -0.530. The van der Waals surface area contributed by atoms with Crippen LogP contribution in [0.15, 0.2) is 0 Å². The van der Waals surface area contributed by atoms with Gasteiger partial charge in [-0.15, -0.1) is 0 Å². The smallest absolute Gasteiger partial charge is 0.419 e. The summed E-state index contributed by atoms with van der Waals surface area (Å²) in [5, 5.41) is 8.42. The number of hydrogen-bond acceptors (Lipinski definition) is 4. The summed E-state index contributed by atoms with van der Waals surface area (Å²) >= 11 is 3.78. The first-order valence-electron chi connectivity index (χ1n) is 3.35. The molecule has 1 amide bonds. The van der Waals surface area contributed by atoms with E-state index in [0.29, 0.717) is 0 Å². The number of aliphatic hydroxyl groups excluding tert-OH is 1. The van der Waals surface area contributed by atoms with Crippen LogP contribution >= 0.6 is 12.8 Å². The third-order valence-electron chi connectivity index (χ3n) is 0.859. The maximum absolute atomic E-state index is 10.9.